The first-order valence-electron chi connectivity index (χ1n) is 8.46. The van der Waals surface area contributed by atoms with Crippen molar-refractivity contribution in [2.24, 2.45) is 5.92 Å². The van der Waals surface area contributed by atoms with Gasteiger partial charge in [0.05, 0.1) is 18.1 Å². The van der Waals surface area contributed by atoms with E-state index in [9.17, 15) is 8.42 Å². The lowest BCUT2D eigenvalue weighted by Gasteiger charge is -2.16. The minimum atomic E-state index is -3.52. The molecule has 2 rings (SSSR count). The quantitative estimate of drug-likeness (QED) is 0.787. The number of hydrogen-bond donors (Lipinski definition) is 1. The van der Waals surface area contributed by atoms with E-state index in [-0.39, 0.29) is 4.90 Å². The molecular weight excluding hydrogens is 314 g/mol. The molecule has 1 heterocycles. The zero-order chi connectivity index (χ0) is 16.7. The van der Waals surface area contributed by atoms with Gasteiger partial charge < -0.3 is 9.47 Å². The summed E-state index contributed by atoms with van der Waals surface area (Å²) in [5.41, 5.74) is 0. The van der Waals surface area contributed by atoms with Gasteiger partial charge in [0.1, 0.15) is 0 Å². The van der Waals surface area contributed by atoms with E-state index < -0.39 is 10.0 Å². The molecule has 1 aliphatic heterocycles. The van der Waals surface area contributed by atoms with Crippen LogP contribution in [0.2, 0.25) is 0 Å². The molecule has 1 aromatic rings. The average molecular weight is 341 g/mol. The first kappa shape index (κ1) is 18.1. The Labute approximate surface area is 139 Å². The number of nitrogens with one attached hydrogen (secondary N) is 1. The summed E-state index contributed by atoms with van der Waals surface area (Å²) in [7, 11) is -3.52. The van der Waals surface area contributed by atoms with E-state index in [1.54, 1.807) is 18.2 Å². The molecule has 1 aliphatic rings. The molecule has 0 spiro atoms. The van der Waals surface area contributed by atoms with Crippen molar-refractivity contribution in [2.45, 2.75) is 50.8 Å². The van der Waals surface area contributed by atoms with Crippen LogP contribution in [0.3, 0.4) is 0 Å². The third kappa shape index (κ3) is 5.11. The smallest absolute Gasteiger partial charge is 0.240 e. The Morgan fingerprint density at radius 3 is 2.61 bits per heavy atom. The van der Waals surface area contributed by atoms with Gasteiger partial charge in [0.2, 0.25) is 10.0 Å². The van der Waals surface area contributed by atoms with Gasteiger partial charge in [-0.1, -0.05) is 33.1 Å². The van der Waals surface area contributed by atoms with E-state index in [2.05, 4.69) is 18.6 Å². The van der Waals surface area contributed by atoms with Gasteiger partial charge in [-0.15, -0.1) is 0 Å². The Morgan fingerprint density at radius 1 is 1.17 bits per heavy atom. The SMILES string of the molecule is CCCCC(CC)CNS(=O)(=O)c1ccc2c(c1)OCCCO2. The first-order valence-corrected chi connectivity index (χ1v) is 9.94. The van der Waals surface area contributed by atoms with E-state index in [0.29, 0.717) is 37.2 Å². The minimum absolute atomic E-state index is 0.229. The fraction of sp³-hybridized carbons (Fsp3) is 0.647. The summed E-state index contributed by atoms with van der Waals surface area (Å²) in [6.07, 6.45) is 5.08. The molecule has 0 saturated carbocycles. The molecule has 0 radical (unpaired) electrons. The van der Waals surface area contributed by atoms with Crippen LogP contribution in [0.5, 0.6) is 11.5 Å². The summed E-state index contributed by atoms with van der Waals surface area (Å²) in [5, 5.41) is 0. The highest BCUT2D eigenvalue weighted by Crippen LogP contribution is 2.31. The van der Waals surface area contributed by atoms with Gasteiger partial charge in [-0.05, 0) is 24.5 Å². The Balaban J connectivity index is 2.05. The first-order chi connectivity index (χ1) is 11.1. The predicted octanol–water partition coefficient (Wildman–Crippen LogP) is 3.34. The summed E-state index contributed by atoms with van der Waals surface area (Å²) in [5.74, 6) is 1.49. The highest BCUT2D eigenvalue weighted by Gasteiger charge is 2.19. The second kappa shape index (κ2) is 8.55. The number of ether oxygens (including phenoxy) is 2. The molecule has 1 aromatic carbocycles. The van der Waals surface area contributed by atoms with E-state index in [1.807, 2.05) is 0 Å². The van der Waals surface area contributed by atoms with Crippen LogP contribution in [-0.2, 0) is 10.0 Å². The lowest BCUT2D eigenvalue weighted by atomic mass is 10.00. The maximum atomic E-state index is 12.5. The van der Waals surface area contributed by atoms with Crippen molar-refractivity contribution < 1.29 is 17.9 Å². The zero-order valence-corrected chi connectivity index (χ0v) is 14.8. The van der Waals surface area contributed by atoms with Gasteiger partial charge in [-0.3, -0.25) is 0 Å². The molecule has 0 amide bonds. The van der Waals surface area contributed by atoms with Gasteiger partial charge in [0.25, 0.3) is 0 Å². The lowest BCUT2D eigenvalue weighted by Crippen LogP contribution is -2.29. The molecule has 6 heteroatoms. The van der Waals surface area contributed by atoms with Gasteiger partial charge in [0.15, 0.2) is 11.5 Å². The van der Waals surface area contributed by atoms with Crippen molar-refractivity contribution in [1.82, 2.24) is 4.72 Å². The van der Waals surface area contributed by atoms with Crippen LogP contribution in [-0.4, -0.2) is 28.2 Å². The maximum absolute atomic E-state index is 12.5. The second-order valence-corrected chi connectivity index (χ2v) is 7.69. The fourth-order valence-electron chi connectivity index (χ4n) is 2.56. The monoisotopic (exact) mass is 341 g/mol. The third-order valence-electron chi connectivity index (χ3n) is 4.13. The average Bonchev–Trinajstić information content (AvgIpc) is 2.79. The number of rotatable bonds is 8. The Morgan fingerprint density at radius 2 is 1.91 bits per heavy atom. The topological polar surface area (TPSA) is 64.6 Å². The van der Waals surface area contributed by atoms with Crippen molar-refractivity contribution in [1.29, 1.82) is 0 Å². The largest absolute Gasteiger partial charge is 0.490 e. The van der Waals surface area contributed by atoms with Gasteiger partial charge in [0, 0.05) is 19.0 Å². The molecule has 1 N–H and O–H groups in total. The van der Waals surface area contributed by atoms with Crippen molar-refractivity contribution >= 4 is 10.0 Å². The van der Waals surface area contributed by atoms with Crippen LogP contribution >= 0.6 is 0 Å². The van der Waals surface area contributed by atoms with Crippen molar-refractivity contribution in [3.8, 4) is 11.5 Å². The standard InChI is InChI=1S/C17H27NO4S/c1-3-5-7-14(4-2)13-18-23(19,20)15-8-9-16-17(12-15)22-11-6-10-21-16/h8-9,12,14,18H,3-7,10-11,13H2,1-2H3. The summed E-state index contributed by atoms with van der Waals surface area (Å²) in [6.45, 7) is 5.86. The molecule has 0 aliphatic carbocycles. The second-order valence-electron chi connectivity index (χ2n) is 5.93. The van der Waals surface area contributed by atoms with E-state index in [1.165, 1.54) is 0 Å². The number of unbranched alkanes of at least 4 members (excludes halogenated alkanes) is 1. The van der Waals surface area contributed by atoms with Crippen molar-refractivity contribution in [3.05, 3.63) is 18.2 Å². The van der Waals surface area contributed by atoms with Gasteiger partial charge in [-0.2, -0.15) is 0 Å². The van der Waals surface area contributed by atoms with Crippen molar-refractivity contribution in [3.63, 3.8) is 0 Å². The summed E-state index contributed by atoms with van der Waals surface area (Å²) in [4.78, 5) is 0.229. The molecule has 0 bridgehead atoms. The molecule has 0 aromatic heterocycles. The Kier molecular flexibility index (Phi) is 6.72. The normalized spacial score (nSPS) is 15.9. The molecular formula is C17H27NO4S. The number of fused-ring (bicyclic) bond motifs is 1. The Hall–Kier alpha value is -1.27. The molecule has 1 atom stereocenters. The number of hydrogen-bond acceptors (Lipinski definition) is 4. The van der Waals surface area contributed by atoms with Crippen LogP contribution in [0.15, 0.2) is 23.1 Å². The van der Waals surface area contributed by atoms with Crippen LogP contribution in [0, 0.1) is 5.92 Å². The minimum Gasteiger partial charge on any atom is -0.490 e. The predicted molar refractivity (Wildman–Crippen MR) is 90.5 cm³/mol. The fourth-order valence-corrected chi connectivity index (χ4v) is 3.70. The molecule has 0 saturated heterocycles. The summed E-state index contributed by atoms with van der Waals surface area (Å²) < 4.78 is 38.8. The summed E-state index contributed by atoms with van der Waals surface area (Å²) >= 11 is 0. The van der Waals surface area contributed by atoms with Crippen molar-refractivity contribution in [2.75, 3.05) is 19.8 Å². The zero-order valence-electron chi connectivity index (χ0n) is 14.0. The third-order valence-corrected chi connectivity index (χ3v) is 5.56. The molecule has 130 valence electrons. The van der Waals surface area contributed by atoms with Gasteiger partial charge in [-0.25, -0.2) is 13.1 Å². The molecule has 0 fully saturated rings. The highest BCUT2D eigenvalue weighted by atomic mass is 32.2. The highest BCUT2D eigenvalue weighted by molar-refractivity contribution is 7.89. The van der Waals surface area contributed by atoms with E-state index in [0.717, 1.165) is 32.1 Å². The van der Waals surface area contributed by atoms with Crippen LogP contribution in [0.25, 0.3) is 0 Å². The summed E-state index contributed by atoms with van der Waals surface area (Å²) in [6, 6.07) is 4.79. The Bertz CT molecular complexity index is 601. The lowest BCUT2D eigenvalue weighted by molar-refractivity contribution is 0.297. The molecule has 23 heavy (non-hydrogen) atoms. The number of benzene rings is 1. The number of sulfonamides is 1. The van der Waals surface area contributed by atoms with Crippen LogP contribution < -0.4 is 14.2 Å². The van der Waals surface area contributed by atoms with E-state index >= 15 is 0 Å². The van der Waals surface area contributed by atoms with Crippen LogP contribution in [0.1, 0.15) is 46.0 Å². The van der Waals surface area contributed by atoms with E-state index in [4.69, 9.17) is 9.47 Å². The molecule has 1 unspecified atom stereocenters. The maximum Gasteiger partial charge on any atom is 0.240 e. The van der Waals surface area contributed by atoms with Crippen LogP contribution in [0.4, 0.5) is 0 Å². The van der Waals surface area contributed by atoms with Gasteiger partial charge >= 0.3 is 0 Å². The molecule has 5 nitrogen and oxygen atoms in total.